The van der Waals surface area contributed by atoms with Crippen LogP contribution in [0.2, 0.25) is 0 Å². The molecule has 1 atom stereocenters. The van der Waals surface area contributed by atoms with Gasteiger partial charge >= 0.3 is 12.1 Å². The molecule has 39 heavy (non-hydrogen) atoms. The second kappa shape index (κ2) is 10.3. The van der Waals surface area contributed by atoms with Crippen molar-refractivity contribution in [2.75, 3.05) is 19.0 Å². The number of hydrogen-bond donors (Lipinski definition) is 1. The minimum atomic E-state index is -4.76. The smallest absolute Gasteiger partial charge is 0.433 e. The Hall–Kier alpha value is -3.93. The molecule has 1 aromatic carbocycles. The molecule has 3 aromatic heterocycles. The lowest BCUT2D eigenvalue weighted by molar-refractivity contribution is -0.142. The predicted molar refractivity (Wildman–Crippen MR) is 139 cm³/mol. The van der Waals surface area contributed by atoms with Crippen molar-refractivity contribution >= 4 is 33.9 Å². The maximum absolute atomic E-state index is 14.0. The second-order valence-corrected chi connectivity index (χ2v) is 10.4. The molecule has 0 fully saturated rings. The van der Waals surface area contributed by atoms with Crippen LogP contribution in [0.3, 0.4) is 0 Å². The molecule has 3 heterocycles. The van der Waals surface area contributed by atoms with Crippen LogP contribution in [-0.4, -0.2) is 40.2 Å². The zero-order valence-electron chi connectivity index (χ0n) is 21.4. The van der Waals surface area contributed by atoms with E-state index in [0.717, 1.165) is 29.3 Å². The highest BCUT2D eigenvalue weighted by Gasteiger charge is 2.36. The van der Waals surface area contributed by atoms with E-state index in [1.807, 2.05) is 0 Å². The number of fused-ring (bicyclic) bond motifs is 2. The minimum Gasteiger partial charge on any atom is -0.497 e. The SMILES string of the molecule is CCOC(=O)c1c(NC(=O)c2cc3nc(-c4ccc(OC)cc4)cc(C(F)(F)F)n3n2)sc2c1CC[C@@H](C)C2. The molecule has 0 unspecified atom stereocenters. The van der Waals surface area contributed by atoms with Crippen molar-refractivity contribution in [3.05, 3.63) is 63.8 Å². The Balaban J connectivity index is 1.53. The summed E-state index contributed by atoms with van der Waals surface area (Å²) in [5, 5.41) is 6.93. The van der Waals surface area contributed by atoms with E-state index in [1.165, 1.54) is 24.5 Å². The summed E-state index contributed by atoms with van der Waals surface area (Å²) < 4.78 is 53.0. The van der Waals surface area contributed by atoms with Crippen molar-refractivity contribution in [2.45, 2.75) is 39.3 Å². The van der Waals surface area contributed by atoms with Gasteiger partial charge in [0.2, 0.25) is 0 Å². The molecule has 1 amide bonds. The zero-order chi connectivity index (χ0) is 27.9. The lowest BCUT2D eigenvalue weighted by Crippen LogP contribution is -2.17. The highest BCUT2D eigenvalue weighted by molar-refractivity contribution is 7.17. The fourth-order valence-electron chi connectivity index (χ4n) is 4.62. The molecule has 0 saturated heterocycles. The molecule has 0 saturated carbocycles. The maximum atomic E-state index is 14.0. The topological polar surface area (TPSA) is 94.8 Å². The molecule has 12 heteroatoms. The fourth-order valence-corrected chi connectivity index (χ4v) is 6.02. The summed E-state index contributed by atoms with van der Waals surface area (Å²) >= 11 is 1.29. The Morgan fingerprint density at radius 3 is 2.62 bits per heavy atom. The Morgan fingerprint density at radius 1 is 1.21 bits per heavy atom. The number of anilines is 1. The number of carbonyl (C=O) groups is 2. The number of rotatable bonds is 6. The number of amides is 1. The number of ether oxygens (including phenoxy) is 2. The van der Waals surface area contributed by atoms with Crippen LogP contribution in [0, 0.1) is 5.92 Å². The number of nitrogens with zero attached hydrogens (tertiary/aromatic N) is 3. The number of hydrogen-bond acceptors (Lipinski definition) is 7. The summed E-state index contributed by atoms with van der Waals surface area (Å²) in [7, 11) is 1.49. The summed E-state index contributed by atoms with van der Waals surface area (Å²) in [5.41, 5.74) is 0.163. The second-order valence-electron chi connectivity index (χ2n) is 9.28. The van der Waals surface area contributed by atoms with Crippen LogP contribution in [0.15, 0.2) is 36.4 Å². The number of carbonyl (C=O) groups excluding carboxylic acids is 2. The van der Waals surface area contributed by atoms with E-state index in [2.05, 4.69) is 22.3 Å². The average molecular weight is 559 g/mol. The summed E-state index contributed by atoms with van der Waals surface area (Å²) in [6.45, 7) is 3.98. The van der Waals surface area contributed by atoms with Crippen LogP contribution < -0.4 is 10.1 Å². The average Bonchev–Trinajstić information content (AvgIpc) is 3.48. The van der Waals surface area contributed by atoms with Gasteiger partial charge in [0.1, 0.15) is 10.8 Å². The Morgan fingerprint density at radius 2 is 1.95 bits per heavy atom. The molecule has 0 bridgehead atoms. The van der Waals surface area contributed by atoms with Gasteiger partial charge in [0.25, 0.3) is 5.91 Å². The van der Waals surface area contributed by atoms with Crippen LogP contribution in [0.5, 0.6) is 5.75 Å². The van der Waals surface area contributed by atoms with Gasteiger partial charge in [-0.05, 0) is 68.0 Å². The number of halogens is 3. The third kappa shape index (κ3) is 5.20. The minimum absolute atomic E-state index is 0.0639. The van der Waals surface area contributed by atoms with Gasteiger partial charge in [0.05, 0.1) is 25.0 Å². The van der Waals surface area contributed by atoms with Crippen molar-refractivity contribution in [2.24, 2.45) is 5.92 Å². The highest BCUT2D eigenvalue weighted by atomic mass is 32.1. The predicted octanol–water partition coefficient (Wildman–Crippen LogP) is 6.04. The summed E-state index contributed by atoms with van der Waals surface area (Å²) in [5.74, 6) is -0.317. The van der Waals surface area contributed by atoms with Gasteiger partial charge in [0.15, 0.2) is 17.0 Å². The first-order valence-corrected chi connectivity index (χ1v) is 13.2. The van der Waals surface area contributed by atoms with E-state index < -0.39 is 23.7 Å². The van der Waals surface area contributed by atoms with Crippen LogP contribution in [0.4, 0.5) is 18.2 Å². The molecule has 0 aliphatic heterocycles. The molecule has 1 aliphatic rings. The van der Waals surface area contributed by atoms with E-state index in [0.29, 0.717) is 38.7 Å². The maximum Gasteiger partial charge on any atom is 0.433 e. The number of nitrogens with one attached hydrogen (secondary N) is 1. The number of alkyl halides is 3. The molecule has 5 rings (SSSR count). The number of esters is 1. The normalized spacial score (nSPS) is 15.2. The van der Waals surface area contributed by atoms with Gasteiger partial charge in [-0.2, -0.15) is 18.3 Å². The molecular formula is C27H25F3N4O4S. The van der Waals surface area contributed by atoms with Gasteiger partial charge < -0.3 is 14.8 Å². The lowest BCUT2D eigenvalue weighted by Gasteiger charge is -2.18. The number of thiophene rings is 1. The monoisotopic (exact) mass is 558 g/mol. The fraction of sp³-hybridized carbons (Fsp3) is 0.333. The van der Waals surface area contributed by atoms with Crippen molar-refractivity contribution in [1.29, 1.82) is 0 Å². The third-order valence-corrected chi connectivity index (χ3v) is 7.72. The Labute approximate surface area is 225 Å². The van der Waals surface area contributed by atoms with Gasteiger partial charge in [-0.1, -0.05) is 6.92 Å². The quantitative estimate of drug-likeness (QED) is 0.290. The molecular weight excluding hydrogens is 533 g/mol. The summed E-state index contributed by atoms with van der Waals surface area (Å²) in [4.78, 5) is 31.3. The van der Waals surface area contributed by atoms with Gasteiger partial charge in [-0.25, -0.2) is 14.3 Å². The van der Waals surface area contributed by atoms with E-state index in [-0.39, 0.29) is 23.6 Å². The summed E-state index contributed by atoms with van der Waals surface area (Å²) in [6.07, 6.45) is -2.41. The molecule has 1 N–H and O–H groups in total. The third-order valence-electron chi connectivity index (χ3n) is 6.55. The molecule has 204 valence electrons. The van der Waals surface area contributed by atoms with Crippen LogP contribution in [0.1, 0.15) is 57.2 Å². The van der Waals surface area contributed by atoms with Crippen molar-refractivity contribution in [3.8, 4) is 17.0 Å². The molecule has 4 aromatic rings. The van der Waals surface area contributed by atoms with E-state index in [9.17, 15) is 22.8 Å². The molecule has 1 aliphatic carbocycles. The van der Waals surface area contributed by atoms with Crippen LogP contribution >= 0.6 is 11.3 Å². The van der Waals surface area contributed by atoms with Gasteiger partial charge in [-0.15, -0.1) is 11.3 Å². The van der Waals surface area contributed by atoms with E-state index in [4.69, 9.17) is 9.47 Å². The zero-order valence-corrected chi connectivity index (χ0v) is 22.2. The van der Waals surface area contributed by atoms with Crippen molar-refractivity contribution < 1.29 is 32.2 Å². The standard InChI is InChI=1S/C27H25F3N4O4S/c1-4-38-26(36)23-17-10-5-14(2)11-20(17)39-25(23)32-24(35)19-13-22-31-18(15-6-8-16(37-3)9-7-15)12-21(27(28,29)30)34(22)33-19/h6-9,12-14H,4-5,10-11H2,1-3H3,(H,32,35)/t14-/m1/s1. The van der Waals surface area contributed by atoms with Gasteiger partial charge in [-0.3, -0.25) is 4.79 Å². The molecule has 8 nitrogen and oxygen atoms in total. The van der Waals surface area contributed by atoms with E-state index in [1.54, 1.807) is 31.2 Å². The number of aromatic nitrogens is 3. The number of benzene rings is 1. The first kappa shape index (κ1) is 26.7. The van der Waals surface area contributed by atoms with E-state index >= 15 is 0 Å². The Bertz CT molecular complexity index is 1560. The number of methoxy groups -OCH3 is 1. The largest absolute Gasteiger partial charge is 0.497 e. The first-order valence-electron chi connectivity index (χ1n) is 12.3. The molecule has 0 radical (unpaired) electrons. The van der Waals surface area contributed by atoms with Crippen molar-refractivity contribution in [3.63, 3.8) is 0 Å². The van der Waals surface area contributed by atoms with Crippen LogP contribution in [0.25, 0.3) is 16.9 Å². The first-order chi connectivity index (χ1) is 18.6. The lowest BCUT2D eigenvalue weighted by atomic mass is 9.88. The Kier molecular flexibility index (Phi) is 7.06. The van der Waals surface area contributed by atoms with Gasteiger partial charge in [0, 0.05) is 16.5 Å². The summed E-state index contributed by atoms with van der Waals surface area (Å²) in [6, 6.07) is 8.50. The molecule has 0 spiro atoms. The van der Waals surface area contributed by atoms with Crippen LogP contribution in [-0.2, 0) is 23.8 Å². The van der Waals surface area contributed by atoms with Crippen molar-refractivity contribution in [1.82, 2.24) is 14.6 Å². The highest BCUT2D eigenvalue weighted by Crippen LogP contribution is 2.40.